The van der Waals surface area contributed by atoms with Gasteiger partial charge in [0.15, 0.2) is 5.69 Å². The zero-order valence-electron chi connectivity index (χ0n) is 12.3. The largest absolute Gasteiger partial charge is 0.476 e. The minimum atomic E-state index is -0.996. The van der Waals surface area contributed by atoms with E-state index in [9.17, 15) is 4.79 Å². The smallest absolute Gasteiger partial charge is 0.356 e. The topological polar surface area (TPSA) is 55.1 Å². The SMILES string of the molecule is CC(C)c1ccc(-c2cc(C(=O)O)nn2C(C)C)cc1. The number of carbonyl (C=O) groups is 1. The predicted octanol–water partition coefficient (Wildman–Crippen LogP) is 3.95. The first-order chi connectivity index (χ1) is 9.40. The molecule has 4 nitrogen and oxygen atoms in total. The molecule has 2 rings (SSSR count). The second-order valence-corrected chi connectivity index (χ2v) is 5.53. The Morgan fingerprint density at radius 3 is 2.20 bits per heavy atom. The number of aromatic nitrogens is 2. The van der Waals surface area contributed by atoms with E-state index in [0.717, 1.165) is 11.3 Å². The van der Waals surface area contributed by atoms with E-state index in [2.05, 4.69) is 31.1 Å². The third-order valence-corrected chi connectivity index (χ3v) is 3.32. The Kier molecular flexibility index (Phi) is 3.93. The number of hydrogen-bond acceptors (Lipinski definition) is 2. The summed E-state index contributed by atoms with van der Waals surface area (Å²) in [6.07, 6.45) is 0. The molecule has 0 radical (unpaired) electrons. The summed E-state index contributed by atoms with van der Waals surface area (Å²) in [6, 6.07) is 9.96. The van der Waals surface area contributed by atoms with E-state index >= 15 is 0 Å². The molecule has 0 saturated carbocycles. The van der Waals surface area contributed by atoms with Crippen molar-refractivity contribution in [1.29, 1.82) is 0 Å². The Morgan fingerprint density at radius 1 is 1.15 bits per heavy atom. The average molecular weight is 272 g/mol. The molecular formula is C16H20N2O2. The van der Waals surface area contributed by atoms with Crippen molar-refractivity contribution in [3.8, 4) is 11.3 Å². The Balaban J connectivity index is 2.47. The lowest BCUT2D eigenvalue weighted by Gasteiger charge is -2.12. The molecule has 0 unspecified atom stereocenters. The fourth-order valence-corrected chi connectivity index (χ4v) is 2.15. The van der Waals surface area contributed by atoms with Crippen molar-refractivity contribution in [2.24, 2.45) is 0 Å². The van der Waals surface area contributed by atoms with E-state index in [-0.39, 0.29) is 11.7 Å². The maximum Gasteiger partial charge on any atom is 0.356 e. The second-order valence-electron chi connectivity index (χ2n) is 5.53. The molecule has 0 aliphatic heterocycles. The summed E-state index contributed by atoms with van der Waals surface area (Å²) in [6.45, 7) is 8.28. The molecule has 1 aromatic carbocycles. The van der Waals surface area contributed by atoms with Crippen LogP contribution in [0.5, 0.6) is 0 Å². The highest BCUT2D eigenvalue weighted by Gasteiger charge is 2.16. The minimum absolute atomic E-state index is 0.0848. The summed E-state index contributed by atoms with van der Waals surface area (Å²) in [5, 5.41) is 13.3. The predicted molar refractivity (Wildman–Crippen MR) is 79.1 cm³/mol. The van der Waals surface area contributed by atoms with Crippen LogP contribution in [0.2, 0.25) is 0 Å². The van der Waals surface area contributed by atoms with E-state index in [1.807, 2.05) is 26.0 Å². The highest BCUT2D eigenvalue weighted by molar-refractivity contribution is 5.87. The van der Waals surface area contributed by atoms with Gasteiger partial charge >= 0.3 is 5.97 Å². The molecule has 1 heterocycles. The first-order valence-corrected chi connectivity index (χ1v) is 6.83. The number of benzene rings is 1. The van der Waals surface area contributed by atoms with Crippen molar-refractivity contribution in [3.05, 3.63) is 41.6 Å². The van der Waals surface area contributed by atoms with Crippen LogP contribution in [0.3, 0.4) is 0 Å². The van der Waals surface area contributed by atoms with Gasteiger partial charge in [0.25, 0.3) is 0 Å². The maximum atomic E-state index is 11.1. The molecule has 0 fully saturated rings. The first kappa shape index (κ1) is 14.3. The molecule has 106 valence electrons. The van der Waals surface area contributed by atoms with Gasteiger partial charge < -0.3 is 5.11 Å². The molecule has 1 aromatic heterocycles. The number of aromatic carboxylic acids is 1. The van der Waals surface area contributed by atoms with E-state index in [0.29, 0.717) is 5.92 Å². The third-order valence-electron chi connectivity index (χ3n) is 3.32. The molecule has 0 spiro atoms. The molecule has 0 aliphatic carbocycles. The summed E-state index contributed by atoms with van der Waals surface area (Å²) in [5.41, 5.74) is 3.18. The zero-order chi connectivity index (χ0) is 14.9. The minimum Gasteiger partial charge on any atom is -0.476 e. The molecule has 0 atom stereocenters. The molecular weight excluding hydrogens is 252 g/mol. The van der Waals surface area contributed by atoms with Gasteiger partial charge in [-0.25, -0.2) is 4.79 Å². The Morgan fingerprint density at radius 2 is 1.75 bits per heavy atom. The normalized spacial score (nSPS) is 11.3. The number of nitrogens with zero attached hydrogens (tertiary/aromatic N) is 2. The molecule has 2 aromatic rings. The quantitative estimate of drug-likeness (QED) is 0.916. The number of carboxylic acid groups (broad SMARTS) is 1. The zero-order valence-corrected chi connectivity index (χ0v) is 12.3. The second kappa shape index (κ2) is 5.49. The van der Waals surface area contributed by atoms with Crippen LogP contribution in [0.4, 0.5) is 0 Å². The van der Waals surface area contributed by atoms with Crippen LogP contribution in [0.25, 0.3) is 11.3 Å². The van der Waals surface area contributed by atoms with Gasteiger partial charge in [-0.2, -0.15) is 5.10 Å². The Hall–Kier alpha value is -2.10. The van der Waals surface area contributed by atoms with Crippen LogP contribution in [0, 0.1) is 0 Å². The summed E-state index contributed by atoms with van der Waals surface area (Å²) in [4.78, 5) is 11.1. The van der Waals surface area contributed by atoms with Gasteiger partial charge in [-0.3, -0.25) is 4.68 Å². The standard InChI is InChI=1S/C16H20N2O2/c1-10(2)12-5-7-13(8-6-12)15-9-14(16(19)20)17-18(15)11(3)4/h5-11H,1-4H3,(H,19,20). The summed E-state index contributed by atoms with van der Waals surface area (Å²) >= 11 is 0. The van der Waals surface area contributed by atoms with Gasteiger partial charge in [-0.05, 0) is 37.0 Å². The van der Waals surface area contributed by atoms with Crippen LogP contribution in [0.15, 0.2) is 30.3 Å². The van der Waals surface area contributed by atoms with Gasteiger partial charge in [0.05, 0.1) is 5.69 Å². The third kappa shape index (κ3) is 2.74. The highest BCUT2D eigenvalue weighted by Crippen LogP contribution is 2.25. The van der Waals surface area contributed by atoms with Crippen molar-refractivity contribution in [3.63, 3.8) is 0 Å². The van der Waals surface area contributed by atoms with Gasteiger partial charge in [0.1, 0.15) is 0 Å². The van der Waals surface area contributed by atoms with E-state index in [1.54, 1.807) is 10.7 Å². The molecule has 0 bridgehead atoms. The van der Waals surface area contributed by atoms with Crippen molar-refractivity contribution in [1.82, 2.24) is 9.78 Å². The van der Waals surface area contributed by atoms with Crippen LogP contribution in [-0.2, 0) is 0 Å². The lowest BCUT2D eigenvalue weighted by atomic mass is 10.0. The first-order valence-electron chi connectivity index (χ1n) is 6.83. The summed E-state index contributed by atoms with van der Waals surface area (Å²) in [5.74, 6) is -0.516. The van der Waals surface area contributed by atoms with Gasteiger partial charge in [-0.15, -0.1) is 0 Å². The monoisotopic (exact) mass is 272 g/mol. The van der Waals surface area contributed by atoms with E-state index < -0.39 is 5.97 Å². The number of hydrogen-bond donors (Lipinski definition) is 1. The van der Waals surface area contributed by atoms with Crippen LogP contribution >= 0.6 is 0 Å². The van der Waals surface area contributed by atoms with E-state index in [4.69, 9.17) is 5.11 Å². The van der Waals surface area contributed by atoms with Crippen molar-refractivity contribution < 1.29 is 9.90 Å². The average Bonchev–Trinajstić information content (AvgIpc) is 2.84. The molecule has 0 saturated heterocycles. The summed E-state index contributed by atoms with van der Waals surface area (Å²) in [7, 11) is 0. The van der Waals surface area contributed by atoms with Gasteiger partial charge in [0.2, 0.25) is 0 Å². The Bertz CT molecular complexity index is 610. The number of rotatable bonds is 4. The van der Waals surface area contributed by atoms with Crippen molar-refractivity contribution in [2.45, 2.75) is 39.7 Å². The highest BCUT2D eigenvalue weighted by atomic mass is 16.4. The molecule has 0 aliphatic rings. The van der Waals surface area contributed by atoms with E-state index in [1.165, 1.54) is 5.56 Å². The van der Waals surface area contributed by atoms with Crippen LogP contribution < -0.4 is 0 Å². The maximum absolute atomic E-state index is 11.1. The van der Waals surface area contributed by atoms with Gasteiger partial charge in [0, 0.05) is 6.04 Å². The fourth-order valence-electron chi connectivity index (χ4n) is 2.15. The van der Waals surface area contributed by atoms with Crippen LogP contribution in [0.1, 0.15) is 55.7 Å². The molecule has 0 amide bonds. The molecule has 20 heavy (non-hydrogen) atoms. The molecule has 4 heteroatoms. The summed E-state index contributed by atoms with van der Waals surface area (Å²) < 4.78 is 1.76. The van der Waals surface area contributed by atoms with Gasteiger partial charge in [-0.1, -0.05) is 38.1 Å². The van der Waals surface area contributed by atoms with Crippen molar-refractivity contribution in [2.75, 3.05) is 0 Å². The van der Waals surface area contributed by atoms with Crippen LogP contribution in [-0.4, -0.2) is 20.9 Å². The molecule has 1 N–H and O–H groups in total. The lowest BCUT2D eigenvalue weighted by Crippen LogP contribution is -2.06. The lowest BCUT2D eigenvalue weighted by molar-refractivity contribution is 0.0689. The number of carboxylic acids is 1. The fraction of sp³-hybridized carbons (Fsp3) is 0.375. The Labute approximate surface area is 119 Å². The van der Waals surface area contributed by atoms with Crippen molar-refractivity contribution >= 4 is 5.97 Å².